The molecule has 0 heterocycles. The van der Waals surface area contributed by atoms with Gasteiger partial charge in [-0.15, -0.1) is 0 Å². The van der Waals surface area contributed by atoms with Crippen LogP contribution in [-0.4, -0.2) is 38.7 Å². The fraction of sp³-hybridized carbons (Fsp3) is 0. The van der Waals surface area contributed by atoms with Crippen molar-refractivity contribution in [2.75, 3.05) is 0 Å². The van der Waals surface area contributed by atoms with Gasteiger partial charge >= 0.3 is 55.7 Å². The van der Waals surface area contributed by atoms with Gasteiger partial charge in [0.05, 0.1) is 0 Å². The molecule has 67 valence electrons. The van der Waals surface area contributed by atoms with E-state index in [9.17, 15) is 16.8 Å². The molecule has 2 N–H and O–H groups in total. The SMILES string of the molecule is O=S(=O)(O)[Se]S(=O)(=O)O.[Ag]. The van der Waals surface area contributed by atoms with E-state index in [1.807, 2.05) is 0 Å². The maximum Gasteiger partial charge on any atom is 0 e. The van der Waals surface area contributed by atoms with Crippen LogP contribution in [0.5, 0.6) is 0 Å². The molecule has 1 radical (unpaired) electrons. The summed E-state index contributed by atoms with van der Waals surface area (Å²) >= 11 is -2.19. The third-order valence-corrected chi connectivity index (χ3v) is 8.04. The summed E-state index contributed by atoms with van der Waals surface area (Å²) in [5, 5.41) is 0. The van der Waals surface area contributed by atoms with E-state index in [2.05, 4.69) is 0 Å². The summed E-state index contributed by atoms with van der Waals surface area (Å²) in [5.41, 5.74) is 0. The zero-order valence-corrected chi connectivity index (χ0v) is 8.88. The second-order valence-corrected chi connectivity index (χ2v) is 11.1. The molecule has 10 heavy (non-hydrogen) atoms. The molecule has 0 saturated heterocycles. The molecule has 0 aromatic heterocycles. The van der Waals surface area contributed by atoms with Crippen molar-refractivity contribution in [2.45, 2.75) is 0 Å². The normalized spacial score (nSPS) is 12.2. The first-order valence-electron chi connectivity index (χ1n) is 1.37. The minimum absolute atomic E-state index is 0. The third-order valence-electron chi connectivity index (χ3n) is 0.172. The molecule has 0 aromatic rings. The second-order valence-electron chi connectivity index (χ2n) is 0.924. The molecular formula is H2AgO6S2Se. The summed E-state index contributed by atoms with van der Waals surface area (Å²) in [7, 11) is -9.11. The molecule has 0 aliphatic carbocycles. The van der Waals surface area contributed by atoms with Gasteiger partial charge in [-0.05, 0) is 0 Å². The smallest absolute Gasteiger partial charge is 0 e. The first-order valence-corrected chi connectivity index (χ1v) is 8.29. The van der Waals surface area contributed by atoms with Gasteiger partial charge in [-0.2, -0.15) is 0 Å². The summed E-state index contributed by atoms with van der Waals surface area (Å²) in [6, 6.07) is 0. The maximum absolute atomic E-state index is 9.69. The van der Waals surface area contributed by atoms with Crippen LogP contribution in [0.2, 0.25) is 0 Å². The monoisotopic (exact) mass is 349 g/mol. The van der Waals surface area contributed by atoms with E-state index in [1.165, 1.54) is 0 Å². The van der Waals surface area contributed by atoms with Crippen molar-refractivity contribution in [3.63, 3.8) is 0 Å². The van der Waals surface area contributed by atoms with Crippen LogP contribution >= 0.6 is 0 Å². The van der Waals surface area contributed by atoms with Crippen molar-refractivity contribution in [3.8, 4) is 0 Å². The fourth-order valence-electron chi connectivity index (χ4n) is 0.109. The number of rotatable bonds is 2. The molecule has 0 rings (SSSR count). The summed E-state index contributed by atoms with van der Waals surface area (Å²) in [6.45, 7) is 0. The van der Waals surface area contributed by atoms with Gasteiger partial charge in [-0.3, -0.25) is 0 Å². The fourth-order valence-corrected chi connectivity index (χ4v) is 5.08. The van der Waals surface area contributed by atoms with Crippen LogP contribution in [-0.2, 0) is 39.5 Å². The van der Waals surface area contributed by atoms with E-state index in [0.29, 0.717) is 0 Å². The molecule has 10 heteroatoms. The van der Waals surface area contributed by atoms with Gasteiger partial charge in [-0.1, -0.05) is 0 Å². The van der Waals surface area contributed by atoms with Crippen LogP contribution in [0.15, 0.2) is 0 Å². The van der Waals surface area contributed by atoms with Crippen LogP contribution in [0.4, 0.5) is 0 Å². The van der Waals surface area contributed by atoms with Gasteiger partial charge < -0.3 is 0 Å². The molecule has 0 unspecified atom stereocenters. The second kappa shape index (κ2) is 4.19. The van der Waals surface area contributed by atoms with Crippen molar-refractivity contribution < 1.29 is 48.3 Å². The van der Waals surface area contributed by atoms with E-state index >= 15 is 0 Å². The average molecular weight is 349 g/mol. The predicted octanol–water partition coefficient (Wildman–Crippen LogP) is -1.71. The zero-order valence-electron chi connectivity index (χ0n) is 4.05. The molecule has 0 aliphatic rings. The van der Waals surface area contributed by atoms with E-state index < -0.39 is 29.8 Å². The Balaban J connectivity index is 0. The summed E-state index contributed by atoms with van der Waals surface area (Å²) in [5.74, 6) is 0. The quantitative estimate of drug-likeness (QED) is 0.454. The van der Waals surface area contributed by atoms with Crippen LogP contribution in [0.3, 0.4) is 0 Å². The van der Waals surface area contributed by atoms with Gasteiger partial charge in [0.15, 0.2) is 0 Å². The number of hydrogen-bond donors (Lipinski definition) is 2. The minimum Gasteiger partial charge on any atom is 0 e. The molecule has 0 spiro atoms. The molecule has 0 aliphatic heterocycles. The summed E-state index contributed by atoms with van der Waals surface area (Å²) in [4.78, 5) is 0. The summed E-state index contributed by atoms with van der Waals surface area (Å²) < 4.78 is 54.4. The van der Waals surface area contributed by atoms with Crippen LogP contribution < -0.4 is 0 Å². The minimum atomic E-state index is -4.56. The van der Waals surface area contributed by atoms with Gasteiger partial charge in [0.1, 0.15) is 0 Å². The van der Waals surface area contributed by atoms with Gasteiger partial charge in [0.2, 0.25) is 0 Å². The Morgan fingerprint density at radius 3 is 1.10 bits per heavy atom. The molecule has 0 atom stereocenters. The van der Waals surface area contributed by atoms with E-state index in [0.717, 1.165) is 0 Å². The first kappa shape index (κ1) is 13.7. The molecular weight excluding hydrogens is 347 g/mol. The van der Waals surface area contributed by atoms with Gasteiger partial charge in [0.25, 0.3) is 0 Å². The predicted molar refractivity (Wildman–Crippen MR) is 28.9 cm³/mol. The maximum atomic E-state index is 9.69. The molecule has 0 saturated carbocycles. The van der Waals surface area contributed by atoms with Crippen molar-refractivity contribution >= 4 is 29.8 Å². The van der Waals surface area contributed by atoms with Crippen molar-refractivity contribution in [1.29, 1.82) is 0 Å². The van der Waals surface area contributed by atoms with Crippen LogP contribution in [0, 0.1) is 0 Å². The van der Waals surface area contributed by atoms with Gasteiger partial charge in [0, 0.05) is 22.4 Å². The van der Waals surface area contributed by atoms with Crippen molar-refractivity contribution in [3.05, 3.63) is 0 Å². The molecule has 6 nitrogen and oxygen atoms in total. The standard InChI is InChI=1S/Ag.H2O6S2Se/c;1-7(2,3)9-8(4,5)6/h;(H,1,2,3)(H,4,5,6). The Morgan fingerprint density at radius 1 is 0.900 bits per heavy atom. The molecule has 0 bridgehead atoms. The Morgan fingerprint density at radius 2 is 1.10 bits per heavy atom. The Labute approximate surface area is 77.7 Å². The zero-order chi connectivity index (χ0) is 7.71. The van der Waals surface area contributed by atoms with Crippen LogP contribution in [0.25, 0.3) is 0 Å². The Hall–Kier alpha value is 1.08. The molecule has 0 amide bonds. The van der Waals surface area contributed by atoms with E-state index in [1.54, 1.807) is 0 Å². The molecule has 0 aromatic carbocycles. The average Bonchev–Trinajstić information content (AvgIpc) is 1.14. The van der Waals surface area contributed by atoms with Crippen molar-refractivity contribution in [2.24, 2.45) is 0 Å². The molecule has 0 fully saturated rings. The summed E-state index contributed by atoms with van der Waals surface area (Å²) in [6.07, 6.45) is 0. The van der Waals surface area contributed by atoms with E-state index in [4.69, 9.17) is 9.11 Å². The number of hydrogen-bond acceptors (Lipinski definition) is 4. The largest absolute Gasteiger partial charge is 0 e. The third kappa shape index (κ3) is 11.8. The van der Waals surface area contributed by atoms with Crippen molar-refractivity contribution in [1.82, 2.24) is 0 Å². The Bertz CT molecular complexity index is 241. The Kier molecular flexibility index (Phi) is 5.72. The van der Waals surface area contributed by atoms with Crippen LogP contribution in [0.1, 0.15) is 0 Å². The van der Waals surface area contributed by atoms with Gasteiger partial charge in [-0.25, -0.2) is 0 Å². The topological polar surface area (TPSA) is 109 Å². The first-order chi connectivity index (χ1) is 3.71. The van der Waals surface area contributed by atoms with E-state index in [-0.39, 0.29) is 22.4 Å².